The van der Waals surface area contributed by atoms with E-state index in [0.29, 0.717) is 25.6 Å². The first kappa shape index (κ1) is 12.0. The molecule has 0 aromatic heterocycles. The lowest BCUT2D eigenvalue weighted by atomic mass is 10.2. The third-order valence-electron chi connectivity index (χ3n) is 2.50. The molecule has 0 aliphatic carbocycles. The number of amides is 1. The topological polar surface area (TPSA) is 68.2 Å². The molecule has 1 heterocycles. The number of carbonyl (C=O) groups is 1. The molecule has 84 valence electrons. The third kappa shape index (κ3) is 4.77. The highest BCUT2D eigenvalue weighted by Crippen LogP contribution is 2.05. The minimum absolute atomic E-state index is 0.0280. The highest BCUT2D eigenvalue weighted by Gasteiger charge is 2.19. The predicted molar refractivity (Wildman–Crippen MR) is 57.1 cm³/mol. The van der Waals surface area contributed by atoms with E-state index in [4.69, 9.17) is 5.26 Å². The van der Waals surface area contributed by atoms with E-state index in [1.807, 2.05) is 6.07 Å². The maximum Gasteiger partial charge on any atom is 0.233 e. The van der Waals surface area contributed by atoms with Gasteiger partial charge in [-0.25, -0.2) is 0 Å². The maximum absolute atomic E-state index is 11.3. The summed E-state index contributed by atoms with van der Waals surface area (Å²) in [5, 5.41) is 14.2. The van der Waals surface area contributed by atoms with Crippen molar-refractivity contribution in [3.63, 3.8) is 0 Å². The van der Waals surface area contributed by atoms with E-state index in [9.17, 15) is 4.79 Å². The summed E-state index contributed by atoms with van der Waals surface area (Å²) >= 11 is 0. The molecule has 0 aromatic rings. The number of hydrogen-bond acceptors (Lipinski definition) is 4. The molecule has 5 heteroatoms. The van der Waals surface area contributed by atoms with Crippen LogP contribution in [0.5, 0.6) is 0 Å². The van der Waals surface area contributed by atoms with Gasteiger partial charge in [0.25, 0.3) is 0 Å². The Bertz CT molecular complexity index is 248. The highest BCUT2D eigenvalue weighted by molar-refractivity contribution is 5.78. The summed E-state index contributed by atoms with van der Waals surface area (Å²) in [6, 6.07) is 2.41. The van der Waals surface area contributed by atoms with E-state index < -0.39 is 0 Å². The number of likely N-dealkylation sites (N-methyl/N-ethyl adjacent to an activating group) is 1. The molecule has 5 nitrogen and oxygen atoms in total. The van der Waals surface area contributed by atoms with Gasteiger partial charge in [-0.3, -0.25) is 4.79 Å². The van der Waals surface area contributed by atoms with Gasteiger partial charge in [-0.15, -0.1) is 0 Å². The Morgan fingerprint density at radius 1 is 1.67 bits per heavy atom. The molecule has 1 rings (SSSR count). The number of nitriles is 1. The summed E-state index contributed by atoms with van der Waals surface area (Å²) in [5.41, 5.74) is 0. The van der Waals surface area contributed by atoms with Crippen LogP contribution in [0.4, 0.5) is 0 Å². The van der Waals surface area contributed by atoms with Crippen molar-refractivity contribution in [3.8, 4) is 6.07 Å². The average Bonchev–Trinajstić information content (AvgIpc) is 2.62. The maximum atomic E-state index is 11.3. The van der Waals surface area contributed by atoms with Crippen molar-refractivity contribution in [2.24, 2.45) is 0 Å². The number of carbonyl (C=O) groups excluding carboxylic acids is 1. The molecule has 15 heavy (non-hydrogen) atoms. The largest absolute Gasteiger partial charge is 0.354 e. The zero-order valence-corrected chi connectivity index (χ0v) is 9.12. The van der Waals surface area contributed by atoms with Crippen LogP contribution in [0.1, 0.15) is 12.8 Å². The predicted octanol–water partition coefficient (Wildman–Crippen LogP) is -0.690. The third-order valence-corrected chi connectivity index (χ3v) is 2.50. The van der Waals surface area contributed by atoms with Crippen molar-refractivity contribution < 1.29 is 4.79 Å². The van der Waals surface area contributed by atoms with Crippen LogP contribution in [0.2, 0.25) is 0 Å². The van der Waals surface area contributed by atoms with Crippen LogP contribution in [-0.4, -0.2) is 50.1 Å². The Labute approximate surface area is 90.4 Å². The summed E-state index contributed by atoms with van der Waals surface area (Å²) in [4.78, 5) is 13.5. The first-order valence-corrected chi connectivity index (χ1v) is 5.28. The zero-order chi connectivity index (χ0) is 11.1. The summed E-state index contributed by atoms with van der Waals surface area (Å²) in [6.07, 6.45) is 1.47. The molecule has 1 atom stereocenters. The van der Waals surface area contributed by atoms with E-state index in [0.717, 1.165) is 19.5 Å². The standard InChI is InChI=1S/C10H18N4O/c1-14-6-3-9(8-14)13-7-10(15)12-5-2-4-11/h9,13H,2-3,5-8H2,1H3,(H,12,15). The van der Waals surface area contributed by atoms with Crippen molar-refractivity contribution in [2.75, 3.05) is 33.2 Å². The van der Waals surface area contributed by atoms with E-state index in [2.05, 4.69) is 22.6 Å². The second-order valence-electron chi connectivity index (χ2n) is 3.89. The number of nitrogens with zero attached hydrogens (tertiary/aromatic N) is 2. The first-order chi connectivity index (χ1) is 7.22. The lowest BCUT2D eigenvalue weighted by Gasteiger charge is -2.12. The lowest BCUT2D eigenvalue weighted by molar-refractivity contribution is -0.120. The first-order valence-electron chi connectivity index (χ1n) is 5.28. The molecule has 1 fully saturated rings. The number of rotatable bonds is 5. The fraction of sp³-hybridized carbons (Fsp3) is 0.800. The summed E-state index contributed by atoms with van der Waals surface area (Å²) in [6.45, 7) is 2.89. The molecule has 1 aliphatic rings. The quantitative estimate of drug-likeness (QED) is 0.589. The van der Waals surface area contributed by atoms with Crippen LogP contribution < -0.4 is 10.6 Å². The Balaban J connectivity index is 2.04. The Hall–Kier alpha value is -1.12. The van der Waals surface area contributed by atoms with Crippen molar-refractivity contribution in [1.82, 2.24) is 15.5 Å². The molecule has 1 amide bonds. The molecule has 0 radical (unpaired) electrons. The molecular weight excluding hydrogens is 192 g/mol. The van der Waals surface area contributed by atoms with Gasteiger partial charge in [-0.1, -0.05) is 0 Å². The van der Waals surface area contributed by atoms with Crippen LogP contribution >= 0.6 is 0 Å². The van der Waals surface area contributed by atoms with Gasteiger partial charge in [-0.05, 0) is 20.0 Å². The van der Waals surface area contributed by atoms with Gasteiger partial charge in [0.15, 0.2) is 0 Å². The number of likely N-dealkylation sites (tertiary alicyclic amines) is 1. The molecule has 0 spiro atoms. The molecule has 2 N–H and O–H groups in total. The van der Waals surface area contributed by atoms with Gasteiger partial charge in [0, 0.05) is 19.1 Å². The minimum Gasteiger partial charge on any atom is -0.354 e. The van der Waals surface area contributed by atoms with E-state index >= 15 is 0 Å². The number of hydrogen-bond donors (Lipinski definition) is 2. The van der Waals surface area contributed by atoms with Crippen LogP contribution in [-0.2, 0) is 4.79 Å². The SMILES string of the molecule is CN1CCC(NCC(=O)NCCC#N)C1. The van der Waals surface area contributed by atoms with Gasteiger partial charge in [-0.2, -0.15) is 5.26 Å². The molecule has 0 aromatic carbocycles. The van der Waals surface area contributed by atoms with Gasteiger partial charge in [0.2, 0.25) is 5.91 Å². The lowest BCUT2D eigenvalue weighted by Crippen LogP contribution is -2.40. The van der Waals surface area contributed by atoms with E-state index in [-0.39, 0.29) is 5.91 Å². The average molecular weight is 210 g/mol. The summed E-state index contributed by atoms with van der Waals surface area (Å²) in [5.74, 6) is -0.0280. The molecule has 0 saturated carbocycles. The van der Waals surface area contributed by atoms with Gasteiger partial charge in [0.05, 0.1) is 19.0 Å². The van der Waals surface area contributed by atoms with Crippen molar-refractivity contribution in [3.05, 3.63) is 0 Å². The van der Waals surface area contributed by atoms with Gasteiger partial charge >= 0.3 is 0 Å². The van der Waals surface area contributed by atoms with Crippen LogP contribution in [0.3, 0.4) is 0 Å². The molecule has 1 aliphatic heterocycles. The highest BCUT2D eigenvalue weighted by atomic mass is 16.1. The molecule has 1 saturated heterocycles. The normalized spacial score (nSPS) is 21.2. The minimum atomic E-state index is -0.0280. The van der Waals surface area contributed by atoms with Crippen LogP contribution in [0.25, 0.3) is 0 Å². The van der Waals surface area contributed by atoms with E-state index in [1.54, 1.807) is 0 Å². The zero-order valence-electron chi connectivity index (χ0n) is 9.12. The fourth-order valence-electron chi connectivity index (χ4n) is 1.66. The Kier molecular flexibility index (Phi) is 5.08. The van der Waals surface area contributed by atoms with E-state index in [1.165, 1.54) is 0 Å². The second kappa shape index (κ2) is 6.38. The Morgan fingerprint density at radius 3 is 3.07 bits per heavy atom. The van der Waals surface area contributed by atoms with Crippen LogP contribution in [0, 0.1) is 11.3 Å². The summed E-state index contributed by atoms with van der Waals surface area (Å²) in [7, 11) is 2.08. The fourth-order valence-corrected chi connectivity index (χ4v) is 1.66. The molecular formula is C10H18N4O. The summed E-state index contributed by atoms with van der Waals surface area (Å²) < 4.78 is 0. The van der Waals surface area contributed by atoms with Crippen molar-refractivity contribution in [1.29, 1.82) is 5.26 Å². The smallest absolute Gasteiger partial charge is 0.233 e. The van der Waals surface area contributed by atoms with Gasteiger partial charge in [0.1, 0.15) is 0 Å². The molecule has 0 bridgehead atoms. The second-order valence-corrected chi connectivity index (χ2v) is 3.89. The van der Waals surface area contributed by atoms with Crippen molar-refractivity contribution in [2.45, 2.75) is 18.9 Å². The number of nitrogens with one attached hydrogen (secondary N) is 2. The van der Waals surface area contributed by atoms with Crippen LogP contribution in [0.15, 0.2) is 0 Å². The van der Waals surface area contributed by atoms with Crippen molar-refractivity contribution >= 4 is 5.91 Å². The monoisotopic (exact) mass is 210 g/mol. The Morgan fingerprint density at radius 2 is 2.47 bits per heavy atom. The van der Waals surface area contributed by atoms with Gasteiger partial charge < -0.3 is 15.5 Å². The molecule has 1 unspecified atom stereocenters.